The predicted molar refractivity (Wildman–Crippen MR) is 269 cm³/mol. The van der Waals surface area contributed by atoms with E-state index in [0.29, 0.717) is 0 Å². The summed E-state index contributed by atoms with van der Waals surface area (Å²) in [4.78, 5) is 9.83. The molecule has 11 aromatic rings. The lowest BCUT2D eigenvalue weighted by Gasteiger charge is -2.39. The van der Waals surface area contributed by atoms with Crippen molar-refractivity contribution in [3.05, 3.63) is 249 Å². The molecule has 0 radical (unpaired) electrons. The summed E-state index contributed by atoms with van der Waals surface area (Å²) in [6.45, 7) is 0. The molecule has 0 fully saturated rings. The van der Waals surface area contributed by atoms with Crippen LogP contribution in [0.5, 0.6) is 11.5 Å². The van der Waals surface area contributed by atoms with Crippen LogP contribution in [-0.4, -0.2) is 30.7 Å². The molecule has 0 saturated heterocycles. The van der Waals surface area contributed by atoms with Gasteiger partial charge in [0, 0.05) is 34.8 Å². The molecule has 0 spiro atoms. The number of nitrogens with zero attached hydrogens (tertiary/aromatic N) is 3. The highest BCUT2D eigenvalue weighted by Gasteiger charge is 2.48. The second kappa shape index (κ2) is 15.5. The van der Waals surface area contributed by atoms with Gasteiger partial charge in [0.1, 0.15) is 17.3 Å². The molecule has 12 rings (SSSR count). The van der Waals surface area contributed by atoms with Crippen LogP contribution in [0, 0.1) is 0 Å². The number of ether oxygens (including phenoxy) is 1. The Morgan fingerprint density at radius 2 is 0.969 bits per heavy atom. The van der Waals surface area contributed by atoms with Gasteiger partial charge in [0.2, 0.25) is 0 Å². The quantitative estimate of drug-likeness (QED) is 0.115. The fraction of sp³-hybridized carbons (Fsp3) is 0. The fourth-order valence-electron chi connectivity index (χ4n) is 10.5. The van der Waals surface area contributed by atoms with Gasteiger partial charge in [-0.25, -0.2) is 4.98 Å². The number of hydrogen-bond donors (Lipinski definition) is 0. The molecule has 8 aromatic carbocycles. The third-order valence-corrected chi connectivity index (χ3v) is 22.7. The Kier molecular flexibility index (Phi) is 9.14. The van der Waals surface area contributed by atoms with Crippen LogP contribution in [0.2, 0.25) is 0 Å². The number of fused-ring (bicyclic) bond motifs is 5. The van der Waals surface area contributed by atoms with Gasteiger partial charge in [-0.1, -0.05) is 188 Å². The Balaban J connectivity index is 1.19. The van der Waals surface area contributed by atoms with E-state index in [2.05, 4.69) is 229 Å². The van der Waals surface area contributed by atoms with E-state index in [-0.39, 0.29) is 0 Å². The summed E-state index contributed by atoms with van der Waals surface area (Å²) in [7, 11) is -5.92. The van der Waals surface area contributed by atoms with Crippen LogP contribution in [0.4, 0.5) is 0 Å². The normalized spacial score (nSPS) is 12.9. The summed E-state index contributed by atoms with van der Waals surface area (Å²) in [5, 5.41) is 12.7. The van der Waals surface area contributed by atoms with Gasteiger partial charge in [0.05, 0.1) is 16.7 Å². The van der Waals surface area contributed by atoms with E-state index in [1.54, 1.807) is 0 Å². The van der Waals surface area contributed by atoms with Crippen LogP contribution in [0.1, 0.15) is 0 Å². The van der Waals surface area contributed by atoms with Crippen LogP contribution in [-0.2, 0) is 0 Å². The van der Waals surface area contributed by atoms with Crippen molar-refractivity contribution in [2.45, 2.75) is 0 Å². The Labute approximate surface area is 374 Å². The molecule has 6 heteroatoms. The number of aromatic nitrogens is 3. The average molecular weight is 852 g/mol. The van der Waals surface area contributed by atoms with E-state index < -0.39 is 16.1 Å². The van der Waals surface area contributed by atoms with Gasteiger partial charge in [-0.05, 0) is 84.0 Å². The Morgan fingerprint density at radius 3 is 1.62 bits per heavy atom. The molecule has 0 bridgehead atoms. The molecule has 0 unspecified atom stereocenters. The maximum absolute atomic E-state index is 7.07. The average Bonchev–Trinajstić information content (AvgIpc) is 3.69. The van der Waals surface area contributed by atoms with Gasteiger partial charge in [-0.15, -0.1) is 0 Å². The van der Waals surface area contributed by atoms with E-state index in [1.165, 1.54) is 52.3 Å². The first-order chi connectivity index (χ1) is 31.7. The zero-order valence-electron chi connectivity index (χ0n) is 34.9. The zero-order chi connectivity index (χ0) is 42.5. The second-order valence-electron chi connectivity index (χ2n) is 16.5. The highest BCUT2D eigenvalue weighted by molar-refractivity contribution is 7.21. The van der Waals surface area contributed by atoms with Crippen molar-refractivity contribution in [1.82, 2.24) is 14.5 Å². The van der Waals surface area contributed by atoms with Crippen molar-refractivity contribution in [2.75, 3.05) is 0 Å². The Hall–Kier alpha value is -7.91. The van der Waals surface area contributed by atoms with Crippen LogP contribution in [0.25, 0.3) is 38.9 Å². The van der Waals surface area contributed by atoms with Crippen molar-refractivity contribution < 1.29 is 4.74 Å². The number of benzene rings is 8. The molecule has 302 valence electrons. The van der Waals surface area contributed by atoms with Crippen molar-refractivity contribution in [3.8, 4) is 28.6 Å². The molecule has 0 amide bonds. The van der Waals surface area contributed by atoms with E-state index in [4.69, 9.17) is 14.7 Å². The van der Waals surface area contributed by atoms with Crippen molar-refractivity contribution in [3.63, 3.8) is 0 Å². The molecule has 0 atom stereocenters. The third-order valence-electron chi connectivity index (χ3n) is 13.2. The van der Waals surface area contributed by atoms with Crippen LogP contribution in [0.15, 0.2) is 249 Å². The SMILES string of the molecule is c1ccc([Si](c2ccccc2)(c2cccc(-c3ccccn3)c2)c2ccc3c4cc5c(cc4n(-c4ccccn4)c3c2)Oc2ccccc2[Si]5(c2ccccc2)c2ccccc2)cc1. The number of hydrogen-bond acceptors (Lipinski definition) is 3. The van der Waals surface area contributed by atoms with E-state index in [9.17, 15) is 0 Å². The van der Waals surface area contributed by atoms with Gasteiger partial charge in [-0.2, -0.15) is 0 Å². The van der Waals surface area contributed by atoms with E-state index in [0.717, 1.165) is 39.6 Å². The first-order valence-electron chi connectivity index (χ1n) is 21.8. The summed E-state index contributed by atoms with van der Waals surface area (Å²) in [6.07, 6.45) is 3.76. The summed E-state index contributed by atoms with van der Waals surface area (Å²) in [5.41, 5.74) is 4.21. The molecule has 4 heterocycles. The van der Waals surface area contributed by atoms with Crippen molar-refractivity contribution >= 4 is 79.4 Å². The van der Waals surface area contributed by atoms with Gasteiger partial charge in [0.25, 0.3) is 0 Å². The molecule has 3 aromatic heterocycles. The van der Waals surface area contributed by atoms with E-state index in [1.807, 2.05) is 24.5 Å². The van der Waals surface area contributed by atoms with Crippen molar-refractivity contribution in [2.24, 2.45) is 0 Å². The van der Waals surface area contributed by atoms with Gasteiger partial charge in [0.15, 0.2) is 16.1 Å². The first kappa shape index (κ1) is 37.8. The lowest BCUT2D eigenvalue weighted by Crippen LogP contribution is -2.76. The minimum absolute atomic E-state index is 0.856. The fourth-order valence-corrected chi connectivity index (χ4v) is 20.2. The second-order valence-corrected chi connectivity index (χ2v) is 24.0. The minimum Gasteiger partial charge on any atom is -0.457 e. The zero-order valence-corrected chi connectivity index (χ0v) is 36.9. The minimum atomic E-state index is -3.01. The summed E-state index contributed by atoms with van der Waals surface area (Å²) in [6, 6.07) is 86.6. The molecular formula is C58H41N3OSi2. The lowest BCUT2D eigenvalue weighted by molar-refractivity contribution is 0.487. The Bertz CT molecular complexity index is 3380. The highest BCUT2D eigenvalue weighted by atomic mass is 28.3. The van der Waals surface area contributed by atoms with Crippen LogP contribution >= 0.6 is 0 Å². The van der Waals surface area contributed by atoms with E-state index >= 15 is 0 Å². The van der Waals surface area contributed by atoms with Gasteiger partial charge >= 0.3 is 0 Å². The Morgan fingerprint density at radius 1 is 0.391 bits per heavy atom. The lowest BCUT2D eigenvalue weighted by atomic mass is 10.1. The molecule has 1 aliphatic rings. The molecule has 64 heavy (non-hydrogen) atoms. The summed E-state index contributed by atoms with van der Waals surface area (Å²) in [5.74, 6) is 2.65. The molecule has 0 N–H and O–H groups in total. The third kappa shape index (κ3) is 5.80. The summed E-state index contributed by atoms with van der Waals surface area (Å²) < 4.78 is 9.43. The highest BCUT2D eigenvalue weighted by Crippen LogP contribution is 2.37. The monoisotopic (exact) mass is 851 g/mol. The molecule has 4 nitrogen and oxygen atoms in total. The molecule has 0 aliphatic carbocycles. The maximum Gasteiger partial charge on any atom is 0.188 e. The predicted octanol–water partition coefficient (Wildman–Crippen LogP) is 8.10. The van der Waals surface area contributed by atoms with Gasteiger partial charge in [-0.3, -0.25) is 9.55 Å². The van der Waals surface area contributed by atoms with Gasteiger partial charge < -0.3 is 4.74 Å². The van der Waals surface area contributed by atoms with Crippen LogP contribution < -0.4 is 46.2 Å². The summed E-state index contributed by atoms with van der Waals surface area (Å²) >= 11 is 0. The topological polar surface area (TPSA) is 39.9 Å². The molecule has 0 saturated carbocycles. The number of pyridine rings is 2. The van der Waals surface area contributed by atoms with Crippen LogP contribution in [0.3, 0.4) is 0 Å². The van der Waals surface area contributed by atoms with Crippen molar-refractivity contribution in [1.29, 1.82) is 0 Å². The maximum atomic E-state index is 7.07. The smallest absolute Gasteiger partial charge is 0.188 e. The number of rotatable bonds is 8. The standard InChI is InChI=1S/C58H41N3OSi2/c1-5-21-43(22-6-1)63(44-23-7-2-8-24-44,47-29-19-20-42(38-47)51-30-15-17-36-59-51)48-34-35-49-50-40-57-55(41-53(50)61(52(49)39-48)58-33-16-18-37-60-58)62-54-31-13-14-32-56(54)64(57,45-25-9-3-10-26-45)46-27-11-4-12-28-46/h1-41H. The largest absolute Gasteiger partial charge is 0.457 e. The molecular weight excluding hydrogens is 811 g/mol. The molecule has 1 aliphatic heterocycles. The first-order valence-corrected chi connectivity index (χ1v) is 25.8. The number of para-hydroxylation sites is 1.